The van der Waals surface area contributed by atoms with Crippen LogP contribution in [0, 0.1) is 0 Å². The molecule has 1 aromatic rings. The van der Waals surface area contributed by atoms with Gasteiger partial charge in [0.15, 0.2) is 6.61 Å². The third-order valence-electron chi connectivity index (χ3n) is 2.34. The first-order chi connectivity index (χ1) is 7.50. The van der Waals surface area contributed by atoms with E-state index in [0.717, 1.165) is 0 Å². The summed E-state index contributed by atoms with van der Waals surface area (Å²) in [6, 6.07) is 7.12. The van der Waals surface area contributed by atoms with Gasteiger partial charge in [0.2, 0.25) is 0 Å². The summed E-state index contributed by atoms with van der Waals surface area (Å²) in [5, 5.41) is 0.651. The zero-order valence-corrected chi connectivity index (χ0v) is 10.5. The van der Waals surface area contributed by atoms with Crippen molar-refractivity contribution in [1.29, 1.82) is 0 Å². The number of hydrogen-bond donors (Lipinski definition) is 0. The summed E-state index contributed by atoms with van der Waals surface area (Å²) in [6.45, 7) is 3.97. The molecular weight excluding hydrogens is 226 g/mol. The van der Waals surface area contributed by atoms with Gasteiger partial charge in [0.1, 0.15) is 5.75 Å². The molecule has 0 atom stereocenters. The minimum Gasteiger partial charge on any atom is -0.484 e. The molecule has 88 valence electrons. The molecule has 1 aromatic carbocycles. The van der Waals surface area contributed by atoms with E-state index in [2.05, 4.69) is 0 Å². The molecule has 0 saturated heterocycles. The van der Waals surface area contributed by atoms with Gasteiger partial charge in [0, 0.05) is 18.1 Å². The number of rotatable bonds is 4. The molecule has 1 rings (SSSR count). The van der Waals surface area contributed by atoms with E-state index in [1.165, 1.54) is 0 Å². The molecule has 0 radical (unpaired) electrons. The number of carbonyl (C=O) groups excluding carboxylic acids is 1. The first kappa shape index (κ1) is 12.8. The molecule has 0 unspecified atom stereocenters. The first-order valence-corrected chi connectivity index (χ1v) is 5.52. The van der Waals surface area contributed by atoms with Crippen molar-refractivity contribution in [1.82, 2.24) is 4.90 Å². The predicted molar refractivity (Wildman–Crippen MR) is 64.9 cm³/mol. The molecule has 0 N–H and O–H groups in total. The highest BCUT2D eigenvalue weighted by Gasteiger charge is 2.12. The van der Waals surface area contributed by atoms with Crippen LogP contribution in [-0.2, 0) is 4.79 Å². The Kier molecular flexibility index (Phi) is 4.62. The molecule has 0 bridgehead atoms. The van der Waals surface area contributed by atoms with Crippen LogP contribution < -0.4 is 4.74 Å². The van der Waals surface area contributed by atoms with Crippen molar-refractivity contribution in [2.75, 3.05) is 13.7 Å². The SMILES string of the molecule is CC(C)N(C)C(=O)COc1ccc(Cl)cc1. The summed E-state index contributed by atoms with van der Waals surface area (Å²) in [7, 11) is 1.76. The van der Waals surface area contributed by atoms with Gasteiger partial charge in [-0.1, -0.05) is 11.6 Å². The lowest BCUT2D eigenvalue weighted by Gasteiger charge is -2.21. The van der Waals surface area contributed by atoms with E-state index in [-0.39, 0.29) is 18.6 Å². The third kappa shape index (κ3) is 3.74. The predicted octanol–water partition coefficient (Wildman–Crippen LogP) is 2.59. The maximum absolute atomic E-state index is 11.6. The van der Waals surface area contributed by atoms with Crippen LogP contribution in [0.5, 0.6) is 5.75 Å². The molecule has 0 aromatic heterocycles. The summed E-state index contributed by atoms with van der Waals surface area (Å²) in [4.78, 5) is 13.2. The van der Waals surface area contributed by atoms with Crippen molar-refractivity contribution in [2.24, 2.45) is 0 Å². The maximum Gasteiger partial charge on any atom is 0.260 e. The zero-order valence-electron chi connectivity index (χ0n) is 9.74. The van der Waals surface area contributed by atoms with Crippen LogP contribution in [0.1, 0.15) is 13.8 Å². The summed E-state index contributed by atoms with van der Waals surface area (Å²) in [6.07, 6.45) is 0. The molecule has 0 heterocycles. The van der Waals surface area contributed by atoms with Crippen molar-refractivity contribution in [3.8, 4) is 5.75 Å². The van der Waals surface area contributed by atoms with E-state index in [1.54, 1.807) is 36.2 Å². The molecule has 0 fully saturated rings. The number of nitrogens with zero attached hydrogens (tertiary/aromatic N) is 1. The maximum atomic E-state index is 11.6. The van der Waals surface area contributed by atoms with Gasteiger partial charge in [-0.3, -0.25) is 4.79 Å². The van der Waals surface area contributed by atoms with Crippen molar-refractivity contribution in [3.63, 3.8) is 0 Å². The molecule has 16 heavy (non-hydrogen) atoms. The largest absolute Gasteiger partial charge is 0.484 e. The van der Waals surface area contributed by atoms with Gasteiger partial charge in [-0.05, 0) is 38.1 Å². The summed E-state index contributed by atoms with van der Waals surface area (Å²) < 4.78 is 5.34. The average Bonchev–Trinajstić information content (AvgIpc) is 2.26. The lowest BCUT2D eigenvalue weighted by molar-refractivity contribution is -0.133. The lowest BCUT2D eigenvalue weighted by Crippen LogP contribution is -2.36. The van der Waals surface area contributed by atoms with Gasteiger partial charge in [0.05, 0.1) is 0 Å². The number of benzene rings is 1. The molecule has 0 aliphatic carbocycles. The number of ether oxygens (including phenoxy) is 1. The number of hydrogen-bond acceptors (Lipinski definition) is 2. The highest BCUT2D eigenvalue weighted by Crippen LogP contribution is 2.15. The first-order valence-electron chi connectivity index (χ1n) is 5.14. The number of carbonyl (C=O) groups is 1. The fourth-order valence-corrected chi connectivity index (χ4v) is 1.19. The van der Waals surface area contributed by atoms with Gasteiger partial charge in [0.25, 0.3) is 5.91 Å². The molecular formula is C12H16ClNO2. The second-order valence-electron chi connectivity index (χ2n) is 3.84. The zero-order chi connectivity index (χ0) is 12.1. The Balaban J connectivity index is 2.46. The molecule has 0 aliphatic rings. The van der Waals surface area contributed by atoms with E-state index in [9.17, 15) is 4.79 Å². The summed E-state index contributed by atoms with van der Waals surface area (Å²) in [5.41, 5.74) is 0. The molecule has 1 amide bonds. The van der Waals surface area contributed by atoms with E-state index in [1.807, 2.05) is 13.8 Å². The van der Waals surface area contributed by atoms with E-state index >= 15 is 0 Å². The number of likely N-dealkylation sites (N-methyl/N-ethyl adjacent to an activating group) is 1. The van der Waals surface area contributed by atoms with Gasteiger partial charge in [-0.25, -0.2) is 0 Å². The van der Waals surface area contributed by atoms with Gasteiger partial charge in [-0.2, -0.15) is 0 Å². The van der Waals surface area contributed by atoms with Crippen molar-refractivity contribution in [3.05, 3.63) is 29.3 Å². The Morgan fingerprint density at radius 3 is 2.44 bits per heavy atom. The molecule has 0 aliphatic heterocycles. The topological polar surface area (TPSA) is 29.5 Å². The Morgan fingerprint density at radius 1 is 1.38 bits per heavy atom. The van der Waals surface area contributed by atoms with Crippen LogP contribution in [0.4, 0.5) is 0 Å². The quantitative estimate of drug-likeness (QED) is 0.811. The number of halogens is 1. The highest BCUT2D eigenvalue weighted by atomic mass is 35.5. The normalized spacial score (nSPS) is 10.3. The fraction of sp³-hybridized carbons (Fsp3) is 0.417. The van der Waals surface area contributed by atoms with E-state index in [0.29, 0.717) is 10.8 Å². The van der Waals surface area contributed by atoms with Crippen LogP contribution >= 0.6 is 11.6 Å². The third-order valence-corrected chi connectivity index (χ3v) is 2.60. The van der Waals surface area contributed by atoms with Crippen molar-refractivity contribution in [2.45, 2.75) is 19.9 Å². The Hall–Kier alpha value is -1.22. The lowest BCUT2D eigenvalue weighted by atomic mass is 10.3. The van der Waals surface area contributed by atoms with E-state index in [4.69, 9.17) is 16.3 Å². The average molecular weight is 242 g/mol. The Bertz CT molecular complexity index is 349. The minimum absolute atomic E-state index is 0.0371. The van der Waals surface area contributed by atoms with Crippen molar-refractivity contribution < 1.29 is 9.53 Å². The van der Waals surface area contributed by atoms with Gasteiger partial charge >= 0.3 is 0 Å². The summed E-state index contributed by atoms with van der Waals surface area (Å²) in [5.74, 6) is 0.611. The van der Waals surface area contributed by atoms with Crippen LogP contribution in [-0.4, -0.2) is 30.5 Å². The van der Waals surface area contributed by atoms with E-state index < -0.39 is 0 Å². The van der Waals surface area contributed by atoms with Crippen molar-refractivity contribution >= 4 is 17.5 Å². The second-order valence-corrected chi connectivity index (χ2v) is 4.28. The second kappa shape index (κ2) is 5.75. The highest BCUT2D eigenvalue weighted by molar-refractivity contribution is 6.30. The number of amides is 1. The van der Waals surface area contributed by atoms with Gasteiger partial charge < -0.3 is 9.64 Å². The van der Waals surface area contributed by atoms with Crippen LogP contribution in [0.15, 0.2) is 24.3 Å². The standard InChI is InChI=1S/C12H16ClNO2/c1-9(2)14(3)12(15)8-16-11-6-4-10(13)5-7-11/h4-7,9H,8H2,1-3H3. The van der Waals surface area contributed by atoms with Crippen LogP contribution in [0.3, 0.4) is 0 Å². The Morgan fingerprint density at radius 2 is 1.94 bits per heavy atom. The molecule has 0 saturated carbocycles. The van der Waals surface area contributed by atoms with Crippen LogP contribution in [0.25, 0.3) is 0 Å². The molecule has 0 spiro atoms. The molecule has 4 heteroatoms. The Labute approximate surface area is 101 Å². The van der Waals surface area contributed by atoms with Gasteiger partial charge in [-0.15, -0.1) is 0 Å². The van der Waals surface area contributed by atoms with Crippen LogP contribution in [0.2, 0.25) is 5.02 Å². The monoisotopic (exact) mass is 241 g/mol. The minimum atomic E-state index is -0.0371. The molecule has 3 nitrogen and oxygen atoms in total. The summed E-state index contributed by atoms with van der Waals surface area (Å²) >= 11 is 5.74. The smallest absolute Gasteiger partial charge is 0.260 e. The fourth-order valence-electron chi connectivity index (χ4n) is 1.07.